The number of anilines is 2. The first kappa shape index (κ1) is 22.1. The molecule has 1 aliphatic rings. The molecule has 10 heteroatoms. The molecule has 0 aliphatic carbocycles. The van der Waals surface area contributed by atoms with Crippen LogP contribution in [0.4, 0.5) is 17.1 Å². The van der Waals surface area contributed by atoms with Crippen LogP contribution in [-0.2, 0) is 4.74 Å². The van der Waals surface area contributed by atoms with Gasteiger partial charge < -0.3 is 19.4 Å². The molecule has 0 unspecified atom stereocenters. The van der Waals surface area contributed by atoms with Crippen molar-refractivity contribution in [3.8, 4) is 11.5 Å². The number of aromatic nitrogens is 1. The number of nitro groups is 1. The molecule has 1 fully saturated rings. The van der Waals surface area contributed by atoms with E-state index < -0.39 is 10.8 Å². The molecule has 1 aromatic heterocycles. The van der Waals surface area contributed by atoms with Gasteiger partial charge in [-0.3, -0.25) is 14.9 Å². The Bertz CT molecular complexity index is 1400. The van der Waals surface area contributed by atoms with Gasteiger partial charge in [-0.1, -0.05) is 12.1 Å². The summed E-state index contributed by atoms with van der Waals surface area (Å²) in [7, 11) is 0. The predicted molar refractivity (Wildman–Crippen MR) is 131 cm³/mol. The topological polar surface area (TPSA) is 111 Å². The van der Waals surface area contributed by atoms with Crippen LogP contribution >= 0.6 is 15.9 Å². The minimum absolute atomic E-state index is 0.111. The molecule has 172 valence electrons. The number of rotatable bonds is 5. The van der Waals surface area contributed by atoms with Gasteiger partial charge in [-0.05, 0) is 58.4 Å². The second kappa shape index (κ2) is 9.24. The first-order valence-corrected chi connectivity index (χ1v) is 11.4. The van der Waals surface area contributed by atoms with Gasteiger partial charge in [0.15, 0.2) is 5.58 Å². The molecule has 0 bridgehead atoms. The van der Waals surface area contributed by atoms with E-state index in [2.05, 4.69) is 26.2 Å². The average Bonchev–Trinajstić information content (AvgIpc) is 3.27. The molecule has 9 nitrogen and oxygen atoms in total. The van der Waals surface area contributed by atoms with Gasteiger partial charge in [-0.2, -0.15) is 0 Å². The Morgan fingerprint density at radius 3 is 2.65 bits per heavy atom. The maximum absolute atomic E-state index is 12.9. The standard InChI is InChI=1S/C24H19BrN4O5/c25-18-4-2-1-3-17(18)24-27-19-14-16(6-8-22(19)34-24)26-23(30)15-5-7-20(21(13-15)29(31)32)28-9-11-33-12-10-28/h1-8,13-14H,9-12H2,(H,26,30). The van der Waals surface area contributed by atoms with Gasteiger partial charge in [-0.15, -0.1) is 0 Å². The van der Waals surface area contributed by atoms with Gasteiger partial charge in [0.2, 0.25) is 5.89 Å². The number of ether oxygens (including phenoxy) is 1. The van der Waals surface area contributed by atoms with Crippen LogP contribution in [0.5, 0.6) is 0 Å². The summed E-state index contributed by atoms with van der Waals surface area (Å²) in [5.74, 6) is 0.00535. The van der Waals surface area contributed by atoms with Crippen LogP contribution < -0.4 is 10.2 Å². The molecule has 1 aliphatic heterocycles. The number of nitrogens with one attached hydrogen (secondary N) is 1. The van der Waals surface area contributed by atoms with Crippen molar-refractivity contribution in [2.24, 2.45) is 0 Å². The molecule has 1 amide bonds. The van der Waals surface area contributed by atoms with Crippen LogP contribution in [0.2, 0.25) is 0 Å². The van der Waals surface area contributed by atoms with Crippen LogP contribution in [-0.4, -0.2) is 42.1 Å². The van der Waals surface area contributed by atoms with Crippen LogP contribution in [0.1, 0.15) is 10.4 Å². The molecule has 2 heterocycles. The number of morpholine rings is 1. The zero-order valence-electron chi connectivity index (χ0n) is 17.9. The van der Waals surface area contributed by atoms with Gasteiger partial charge >= 0.3 is 0 Å². The Kier molecular flexibility index (Phi) is 5.99. The van der Waals surface area contributed by atoms with Gasteiger partial charge in [-0.25, -0.2) is 4.98 Å². The molecule has 34 heavy (non-hydrogen) atoms. The van der Waals surface area contributed by atoms with Crippen molar-refractivity contribution in [2.45, 2.75) is 0 Å². The Labute approximate surface area is 202 Å². The first-order valence-electron chi connectivity index (χ1n) is 10.6. The number of nitrogens with zero attached hydrogens (tertiary/aromatic N) is 3. The lowest BCUT2D eigenvalue weighted by molar-refractivity contribution is -0.384. The quantitative estimate of drug-likeness (QED) is 0.281. The van der Waals surface area contributed by atoms with E-state index in [-0.39, 0.29) is 11.3 Å². The van der Waals surface area contributed by atoms with E-state index in [1.165, 1.54) is 6.07 Å². The fourth-order valence-electron chi connectivity index (χ4n) is 3.84. The highest BCUT2D eigenvalue weighted by molar-refractivity contribution is 9.10. The minimum Gasteiger partial charge on any atom is -0.436 e. The van der Waals surface area contributed by atoms with E-state index in [1.54, 1.807) is 30.3 Å². The molecule has 0 atom stereocenters. The third kappa shape index (κ3) is 4.37. The summed E-state index contributed by atoms with van der Waals surface area (Å²) in [4.78, 5) is 30.5. The molecular formula is C24H19BrN4O5. The number of oxazole rings is 1. The van der Waals surface area contributed by atoms with E-state index in [0.717, 1.165) is 10.0 Å². The van der Waals surface area contributed by atoms with Crippen molar-refractivity contribution in [3.05, 3.63) is 80.8 Å². The van der Waals surface area contributed by atoms with Crippen LogP contribution in [0.15, 0.2) is 69.6 Å². The van der Waals surface area contributed by atoms with Crippen molar-refractivity contribution in [2.75, 3.05) is 36.5 Å². The molecule has 1 N–H and O–H groups in total. The largest absolute Gasteiger partial charge is 0.436 e. The summed E-state index contributed by atoms with van der Waals surface area (Å²) in [5.41, 5.74) is 3.04. The number of fused-ring (bicyclic) bond motifs is 1. The van der Waals surface area contributed by atoms with E-state index in [9.17, 15) is 14.9 Å². The van der Waals surface area contributed by atoms with Gasteiger partial charge in [0.1, 0.15) is 11.2 Å². The second-order valence-corrected chi connectivity index (χ2v) is 8.55. The summed E-state index contributed by atoms with van der Waals surface area (Å²) in [5, 5.41) is 14.5. The maximum atomic E-state index is 12.9. The molecule has 3 aromatic carbocycles. The average molecular weight is 523 g/mol. The van der Waals surface area contributed by atoms with Crippen molar-refractivity contribution in [1.29, 1.82) is 0 Å². The highest BCUT2D eigenvalue weighted by Gasteiger charge is 2.23. The van der Waals surface area contributed by atoms with Crippen molar-refractivity contribution in [3.63, 3.8) is 0 Å². The highest BCUT2D eigenvalue weighted by Crippen LogP contribution is 2.32. The summed E-state index contributed by atoms with van der Waals surface area (Å²) in [6.45, 7) is 2.14. The molecule has 0 saturated carbocycles. The molecule has 5 rings (SSSR count). The van der Waals surface area contributed by atoms with E-state index in [1.807, 2.05) is 29.2 Å². The number of carbonyl (C=O) groups is 1. The molecule has 1 saturated heterocycles. The van der Waals surface area contributed by atoms with Gasteiger partial charge in [0.05, 0.1) is 23.7 Å². The van der Waals surface area contributed by atoms with E-state index in [0.29, 0.717) is 54.7 Å². The Morgan fingerprint density at radius 2 is 1.88 bits per heavy atom. The lowest BCUT2D eigenvalue weighted by Crippen LogP contribution is -2.36. The number of amides is 1. The third-order valence-electron chi connectivity index (χ3n) is 5.54. The van der Waals surface area contributed by atoms with Gasteiger partial charge in [0, 0.05) is 34.9 Å². The fourth-order valence-corrected chi connectivity index (χ4v) is 4.30. The fraction of sp³-hybridized carbons (Fsp3) is 0.167. The first-order chi connectivity index (χ1) is 16.5. The molecule has 0 radical (unpaired) electrons. The Balaban J connectivity index is 1.39. The normalized spacial score (nSPS) is 13.7. The Morgan fingerprint density at radius 1 is 1.09 bits per heavy atom. The predicted octanol–water partition coefficient (Wildman–Crippen LogP) is 5.25. The lowest BCUT2D eigenvalue weighted by Gasteiger charge is -2.28. The summed E-state index contributed by atoms with van der Waals surface area (Å²) < 4.78 is 12.0. The second-order valence-electron chi connectivity index (χ2n) is 7.70. The monoisotopic (exact) mass is 522 g/mol. The van der Waals surface area contributed by atoms with Crippen LogP contribution in [0.25, 0.3) is 22.6 Å². The zero-order valence-corrected chi connectivity index (χ0v) is 19.4. The summed E-state index contributed by atoms with van der Waals surface area (Å²) in [6.07, 6.45) is 0. The Hall–Kier alpha value is -3.76. The summed E-state index contributed by atoms with van der Waals surface area (Å²) in [6, 6.07) is 17.2. The number of hydrogen-bond donors (Lipinski definition) is 1. The summed E-state index contributed by atoms with van der Waals surface area (Å²) >= 11 is 3.50. The van der Waals surface area contributed by atoms with Crippen LogP contribution in [0.3, 0.4) is 0 Å². The minimum atomic E-state index is -0.466. The maximum Gasteiger partial charge on any atom is 0.293 e. The number of hydrogen-bond acceptors (Lipinski definition) is 7. The number of benzene rings is 3. The van der Waals surface area contributed by atoms with Crippen molar-refractivity contribution in [1.82, 2.24) is 4.98 Å². The molecule has 4 aromatic rings. The van der Waals surface area contributed by atoms with E-state index in [4.69, 9.17) is 9.15 Å². The van der Waals surface area contributed by atoms with Crippen molar-refractivity contribution < 1.29 is 18.9 Å². The number of nitro benzene ring substituents is 1. The lowest BCUT2D eigenvalue weighted by atomic mass is 10.1. The number of carbonyl (C=O) groups excluding carboxylic acids is 1. The SMILES string of the molecule is O=C(Nc1ccc2oc(-c3ccccc3Br)nc2c1)c1ccc(N2CCOCC2)c([N+](=O)[O-])c1. The van der Waals surface area contributed by atoms with Crippen molar-refractivity contribution >= 4 is 50.0 Å². The smallest absolute Gasteiger partial charge is 0.293 e. The van der Waals surface area contributed by atoms with Crippen LogP contribution in [0, 0.1) is 10.1 Å². The molecule has 0 spiro atoms. The molecular weight excluding hydrogens is 504 g/mol. The highest BCUT2D eigenvalue weighted by atomic mass is 79.9. The van der Waals surface area contributed by atoms with E-state index >= 15 is 0 Å². The van der Waals surface area contributed by atoms with Gasteiger partial charge in [0.25, 0.3) is 11.6 Å². The third-order valence-corrected chi connectivity index (χ3v) is 6.23. The zero-order chi connectivity index (χ0) is 23.7. The number of halogens is 1.